The molecular formula is C33H32ClN3O5S. The Morgan fingerprint density at radius 1 is 0.930 bits per heavy atom. The van der Waals surface area contributed by atoms with Gasteiger partial charge in [0.15, 0.2) is 17.6 Å². The fraction of sp³-hybridized carbons (Fsp3) is 0.273. The monoisotopic (exact) mass is 617 g/mol. The van der Waals surface area contributed by atoms with Gasteiger partial charge >= 0.3 is 5.97 Å². The summed E-state index contributed by atoms with van der Waals surface area (Å²) in [5, 5.41) is 20.5. The predicted octanol–water partition coefficient (Wildman–Crippen LogP) is 8.32. The van der Waals surface area contributed by atoms with Gasteiger partial charge < -0.3 is 19.3 Å². The number of aromatic nitrogens is 3. The molecule has 0 bridgehead atoms. The summed E-state index contributed by atoms with van der Waals surface area (Å²) in [5.74, 6) is 0.143. The first-order valence-electron chi connectivity index (χ1n) is 13.6. The Hall–Kier alpha value is -4.05. The van der Waals surface area contributed by atoms with Gasteiger partial charge in [-0.1, -0.05) is 23.7 Å². The highest BCUT2D eigenvalue weighted by Crippen LogP contribution is 2.45. The van der Waals surface area contributed by atoms with E-state index in [0.29, 0.717) is 33.5 Å². The molecule has 10 heteroatoms. The van der Waals surface area contributed by atoms with Crippen LogP contribution in [-0.4, -0.2) is 46.1 Å². The highest BCUT2D eigenvalue weighted by molar-refractivity contribution is 7.22. The number of aryl methyl sites for hydroxylation is 2. The summed E-state index contributed by atoms with van der Waals surface area (Å²) in [6.07, 6.45) is -1.19. The molecule has 3 aromatic carbocycles. The van der Waals surface area contributed by atoms with Gasteiger partial charge in [-0.25, -0.2) is 9.78 Å². The second kappa shape index (κ2) is 11.9. The van der Waals surface area contributed by atoms with Crippen molar-refractivity contribution in [1.82, 2.24) is 15.2 Å². The van der Waals surface area contributed by atoms with Crippen LogP contribution < -0.4 is 9.47 Å². The molecule has 0 radical (unpaired) electrons. The van der Waals surface area contributed by atoms with Crippen molar-refractivity contribution in [3.05, 3.63) is 76.4 Å². The fourth-order valence-electron chi connectivity index (χ4n) is 4.96. The molecule has 0 aliphatic carbocycles. The molecule has 2 heterocycles. The van der Waals surface area contributed by atoms with Gasteiger partial charge in [0.25, 0.3) is 0 Å². The van der Waals surface area contributed by atoms with Crippen LogP contribution in [0.15, 0.2) is 54.6 Å². The maximum atomic E-state index is 12.6. The fourth-order valence-corrected chi connectivity index (χ4v) is 6.28. The lowest BCUT2D eigenvalue weighted by atomic mass is 9.91. The molecule has 0 aliphatic rings. The van der Waals surface area contributed by atoms with Crippen LogP contribution in [0.2, 0.25) is 5.02 Å². The third-order valence-corrected chi connectivity index (χ3v) is 8.28. The van der Waals surface area contributed by atoms with Crippen LogP contribution >= 0.6 is 22.9 Å². The van der Waals surface area contributed by atoms with Crippen LogP contribution in [0.1, 0.15) is 43.7 Å². The summed E-state index contributed by atoms with van der Waals surface area (Å²) in [6.45, 7) is 9.32. The normalized spacial score (nSPS) is 12.4. The molecule has 0 aliphatic heterocycles. The number of nitrogens with zero attached hydrogens (tertiary/aromatic N) is 3. The molecular weight excluding hydrogens is 586 g/mol. The summed E-state index contributed by atoms with van der Waals surface area (Å²) < 4.78 is 17.8. The number of methoxy groups -OCH3 is 2. The molecule has 1 N–H and O–H groups in total. The minimum Gasteiger partial charge on any atom is -0.493 e. The number of hydrogen-bond donors (Lipinski definition) is 1. The van der Waals surface area contributed by atoms with Crippen LogP contribution in [0.5, 0.6) is 11.5 Å². The van der Waals surface area contributed by atoms with Gasteiger partial charge in [0, 0.05) is 27.3 Å². The van der Waals surface area contributed by atoms with Crippen LogP contribution in [0.25, 0.3) is 43.2 Å². The van der Waals surface area contributed by atoms with Crippen LogP contribution in [0.4, 0.5) is 0 Å². The summed E-state index contributed by atoms with van der Waals surface area (Å²) in [7, 11) is 3.18. The summed E-state index contributed by atoms with van der Waals surface area (Å²) in [5.41, 5.74) is 5.99. The smallest absolute Gasteiger partial charge is 0.337 e. The number of carboxylic acids is 1. The number of carboxylic acid groups (broad SMARTS) is 1. The number of hydrogen-bond acceptors (Lipinski definition) is 8. The zero-order chi connectivity index (χ0) is 31.1. The molecule has 5 rings (SSSR count). The van der Waals surface area contributed by atoms with Crippen molar-refractivity contribution in [3.63, 3.8) is 0 Å². The molecule has 222 valence electrons. The average Bonchev–Trinajstić information content (AvgIpc) is 3.38. The van der Waals surface area contributed by atoms with Crippen LogP contribution in [0.3, 0.4) is 0 Å². The maximum absolute atomic E-state index is 12.6. The summed E-state index contributed by atoms with van der Waals surface area (Å²) in [4.78, 5) is 17.7. The van der Waals surface area contributed by atoms with Gasteiger partial charge in [-0.3, -0.25) is 0 Å². The van der Waals surface area contributed by atoms with Gasteiger partial charge in [0.2, 0.25) is 0 Å². The topological polar surface area (TPSA) is 104 Å². The molecule has 1 unspecified atom stereocenters. The first-order valence-corrected chi connectivity index (χ1v) is 14.8. The van der Waals surface area contributed by atoms with Gasteiger partial charge in [-0.05, 0) is 88.2 Å². The van der Waals surface area contributed by atoms with Crippen molar-refractivity contribution < 1.29 is 24.1 Å². The number of ether oxygens (including phenoxy) is 3. The quantitative estimate of drug-likeness (QED) is 0.185. The molecule has 0 saturated carbocycles. The van der Waals surface area contributed by atoms with E-state index in [2.05, 4.69) is 10.2 Å². The van der Waals surface area contributed by atoms with Crippen molar-refractivity contribution in [2.45, 2.75) is 46.3 Å². The Kier molecular flexibility index (Phi) is 8.42. The number of aliphatic carboxylic acids is 1. The Bertz CT molecular complexity index is 1830. The maximum Gasteiger partial charge on any atom is 0.337 e. The minimum absolute atomic E-state index is 0.584. The summed E-state index contributed by atoms with van der Waals surface area (Å²) >= 11 is 7.71. The highest BCUT2D eigenvalue weighted by Gasteiger charge is 2.32. The Labute approximate surface area is 259 Å². The third kappa shape index (κ3) is 6.20. The van der Waals surface area contributed by atoms with E-state index >= 15 is 0 Å². The number of rotatable bonds is 8. The second-order valence-corrected chi connectivity index (χ2v) is 12.5. The average molecular weight is 618 g/mol. The standard InChI is InChI=1S/C33H32ClN3O5S/c1-17-14-24-30(28(19-8-11-21(34)12-9-19)27(17)29(32(38)39)42-33(3,4)5)43-31(35-24)22-16-23(37-36-18(22)2)20-10-13-25(40-6)26(15-20)41-7/h8-16,29H,1-7H3,(H,38,39). The number of benzene rings is 3. The van der Waals surface area contributed by atoms with Crippen molar-refractivity contribution >= 4 is 39.1 Å². The molecule has 5 aromatic rings. The largest absolute Gasteiger partial charge is 0.493 e. The van der Waals surface area contributed by atoms with Gasteiger partial charge in [-0.2, -0.15) is 10.2 Å². The molecule has 1 atom stereocenters. The number of carbonyl (C=O) groups is 1. The zero-order valence-corrected chi connectivity index (χ0v) is 26.6. The van der Waals surface area contributed by atoms with Crippen molar-refractivity contribution in [3.8, 4) is 44.5 Å². The van der Waals surface area contributed by atoms with Gasteiger partial charge in [0.1, 0.15) is 5.01 Å². The van der Waals surface area contributed by atoms with E-state index in [1.165, 1.54) is 11.3 Å². The van der Waals surface area contributed by atoms with Crippen molar-refractivity contribution in [2.24, 2.45) is 0 Å². The molecule has 0 fully saturated rings. The first-order chi connectivity index (χ1) is 20.4. The Balaban J connectivity index is 1.73. The predicted molar refractivity (Wildman–Crippen MR) is 170 cm³/mol. The Morgan fingerprint density at radius 3 is 2.23 bits per heavy atom. The number of halogens is 1. The van der Waals surface area contributed by atoms with Crippen molar-refractivity contribution in [2.75, 3.05) is 14.2 Å². The van der Waals surface area contributed by atoms with E-state index in [0.717, 1.165) is 43.0 Å². The van der Waals surface area contributed by atoms with E-state index < -0.39 is 17.7 Å². The Morgan fingerprint density at radius 2 is 1.60 bits per heavy atom. The number of fused-ring (bicyclic) bond motifs is 1. The lowest BCUT2D eigenvalue weighted by Crippen LogP contribution is -2.28. The molecule has 0 amide bonds. The SMILES string of the molecule is COc1ccc(-c2cc(-c3nc4cc(C)c(C(OC(C)(C)C)C(=O)O)c(-c5ccc(Cl)cc5)c4s3)c(C)nn2)cc1OC. The van der Waals surface area contributed by atoms with E-state index in [4.69, 9.17) is 30.8 Å². The second-order valence-electron chi connectivity index (χ2n) is 11.1. The molecule has 0 saturated heterocycles. The lowest BCUT2D eigenvalue weighted by Gasteiger charge is -2.28. The van der Waals surface area contributed by atoms with E-state index in [9.17, 15) is 9.90 Å². The van der Waals surface area contributed by atoms with E-state index in [1.54, 1.807) is 26.4 Å². The molecule has 43 heavy (non-hydrogen) atoms. The summed E-state index contributed by atoms with van der Waals surface area (Å²) in [6, 6.07) is 16.8. The number of thiazole rings is 1. The van der Waals surface area contributed by atoms with Gasteiger partial charge in [0.05, 0.1) is 41.4 Å². The minimum atomic E-state index is -1.19. The third-order valence-electron chi connectivity index (χ3n) is 6.91. The molecule has 8 nitrogen and oxygen atoms in total. The van der Waals surface area contributed by atoms with E-state index in [-0.39, 0.29) is 0 Å². The lowest BCUT2D eigenvalue weighted by molar-refractivity contribution is -0.160. The van der Waals surface area contributed by atoms with Crippen molar-refractivity contribution in [1.29, 1.82) is 0 Å². The highest BCUT2D eigenvalue weighted by atomic mass is 35.5. The van der Waals surface area contributed by atoms with E-state index in [1.807, 2.05) is 77.1 Å². The first kappa shape index (κ1) is 30.4. The van der Waals surface area contributed by atoms with Gasteiger partial charge in [-0.15, -0.1) is 11.3 Å². The zero-order valence-electron chi connectivity index (χ0n) is 25.0. The van der Waals surface area contributed by atoms with Crippen LogP contribution in [0, 0.1) is 13.8 Å². The molecule has 2 aromatic heterocycles. The molecule has 0 spiro atoms. The van der Waals surface area contributed by atoms with Crippen LogP contribution in [-0.2, 0) is 9.53 Å².